The number of methoxy groups -OCH3 is 1. The lowest BCUT2D eigenvalue weighted by atomic mass is 10.1. The van der Waals surface area contributed by atoms with E-state index in [4.69, 9.17) is 32.7 Å². The maximum Gasteiger partial charge on any atom is 0.329 e. The number of carbonyl (C=O) groups is 2. The third kappa shape index (κ3) is 5.16. The molecule has 34 heavy (non-hydrogen) atoms. The summed E-state index contributed by atoms with van der Waals surface area (Å²) in [7, 11) is 1.47. The van der Waals surface area contributed by atoms with E-state index < -0.39 is 17.8 Å². The fraction of sp³-hybridized carbons (Fsp3) is 0.120. The van der Waals surface area contributed by atoms with E-state index in [-0.39, 0.29) is 29.4 Å². The van der Waals surface area contributed by atoms with Crippen LogP contribution in [0.4, 0.5) is 9.18 Å². The Bertz CT molecular complexity index is 1280. The summed E-state index contributed by atoms with van der Waals surface area (Å²) in [5.74, 6) is -0.379. The van der Waals surface area contributed by atoms with E-state index in [9.17, 15) is 14.0 Å². The maximum absolute atomic E-state index is 14.0. The first-order valence-corrected chi connectivity index (χ1v) is 10.9. The van der Waals surface area contributed by atoms with Gasteiger partial charge >= 0.3 is 6.03 Å². The van der Waals surface area contributed by atoms with Gasteiger partial charge in [-0.15, -0.1) is 0 Å². The van der Waals surface area contributed by atoms with E-state index in [1.807, 2.05) is 12.1 Å². The van der Waals surface area contributed by atoms with Gasteiger partial charge in [0.1, 0.15) is 18.1 Å². The fourth-order valence-corrected chi connectivity index (χ4v) is 3.78. The normalized spacial score (nSPS) is 14.5. The van der Waals surface area contributed by atoms with Gasteiger partial charge < -0.3 is 14.8 Å². The Balaban J connectivity index is 1.53. The maximum atomic E-state index is 14.0. The molecule has 0 atom stereocenters. The van der Waals surface area contributed by atoms with Crippen molar-refractivity contribution in [2.75, 3.05) is 7.11 Å². The Kier molecular flexibility index (Phi) is 7.05. The summed E-state index contributed by atoms with van der Waals surface area (Å²) in [5.41, 5.74) is 1.67. The molecule has 0 aromatic heterocycles. The van der Waals surface area contributed by atoms with Crippen LogP contribution in [0.1, 0.15) is 16.7 Å². The summed E-state index contributed by atoms with van der Waals surface area (Å²) in [5, 5.41) is 3.40. The molecule has 3 aromatic rings. The van der Waals surface area contributed by atoms with Gasteiger partial charge in [-0.2, -0.15) is 0 Å². The van der Waals surface area contributed by atoms with Gasteiger partial charge in [-0.1, -0.05) is 53.5 Å². The molecule has 1 saturated heterocycles. The second-order valence-electron chi connectivity index (χ2n) is 7.42. The van der Waals surface area contributed by atoms with Crippen molar-refractivity contribution in [3.63, 3.8) is 0 Å². The first kappa shape index (κ1) is 23.6. The van der Waals surface area contributed by atoms with E-state index in [2.05, 4.69) is 5.32 Å². The number of carbonyl (C=O) groups excluding carboxylic acids is 2. The molecule has 3 amide bonds. The molecule has 0 saturated carbocycles. The summed E-state index contributed by atoms with van der Waals surface area (Å²) < 4.78 is 25.2. The molecule has 0 unspecified atom stereocenters. The molecular weight excluding hydrogens is 482 g/mol. The van der Waals surface area contributed by atoms with Gasteiger partial charge in [-0.3, -0.25) is 9.69 Å². The SMILES string of the molecule is COc1cc(/C=C2/NC(=O)N(Cc3ccccc3F)C2=O)cc(Cl)c1OCc1ccc(Cl)cc1. The molecule has 0 aliphatic carbocycles. The Labute approximate surface area is 205 Å². The summed E-state index contributed by atoms with van der Waals surface area (Å²) in [6.45, 7) is 0.0590. The quantitative estimate of drug-likeness (QED) is 0.328. The first-order chi connectivity index (χ1) is 16.4. The van der Waals surface area contributed by atoms with E-state index in [0.29, 0.717) is 22.1 Å². The van der Waals surface area contributed by atoms with Crippen molar-refractivity contribution in [1.29, 1.82) is 0 Å². The van der Waals surface area contributed by atoms with Crippen LogP contribution in [0.25, 0.3) is 6.08 Å². The van der Waals surface area contributed by atoms with Crippen molar-refractivity contribution in [2.45, 2.75) is 13.2 Å². The molecule has 4 rings (SSSR count). The lowest BCUT2D eigenvalue weighted by Crippen LogP contribution is -2.30. The van der Waals surface area contributed by atoms with Crippen LogP contribution in [0.15, 0.2) is 66.4 Å². The van der Waals surface area contributed by atoms with E-state index in [1.54, 1.807) is 30.3 Å². The smallest absolute Gasteiger partial charge is 0.329 e. The van der Waals surface area contributed by atoms with Crippen molar-refractivity contribution in [1.82, 2.24) is 10.2 Å². The van der Waals surface area contributed by atoms with Crippen LogP contribution in [-0.4, -0.2) is 23.9 Å². The predicted octanol–water partition coefficient (Wildman–Crippen LogP) is 5.81. The molecule has 1 aliphatic rings. The van der Waals surface area contributed by atoms with Crippen molar-refractivity contribution < 1.29 is 23.5 Å². The first-order valence-electron chi connectivity index (χ1n) is 10.2. The Morgan fingerprint density at radius 1 is 1.06 bits per heavy atom. The average molecular weight is 501 g/mol. The topological polar surface area (TPSA) is 67.9 Å². The van der Waals surface area contributed by atoms with Gasteiger partial charge in [-0.05, 0) is 47.5 Å². The highest BCUT2D eigenvalue weighted by Crippen LogP contribution is 2.37. The monoisotopic (exact) mass is 500 g/mol. The number of nitrogens with zero attached hydrogens (tertiary/aromatic N) is 1. The van der Waals surface area contributed by atoms with Crippen molar-refractivity contribution in [2.24, 2.45) is 0 Å². The van der Waals surface area contributed by atoms with Crippen molar-refractivity contribution in [3.05, 3.63) is 98.9 Å². The predicted molar refractivity (Wildman–Crippen MR) is 127 cm³/mol. The van der Waals surface area contributed by atoms with E-state index >= 15 is 0 Å². The van der Waals surface area contributed by atoms with Gasteiger partial charge in [0.05, 0.1) is 18.7 Å². The fourth-order valence-electron chi connectivity index (χ4n) is 3.38. The molecule has 6 nitrogen and oxygen atoms in total. The van der Waals surface area contributed by atoms with Gasteiger partial charge in [0.15, 0.2) is 11.5 Å². The van der Waals surface area contributed by atoms with Crippen LogP contribution in [0.5, 0.6) is 11.5 Å². The number of rotatable bonds is 7. The second kappa shape index (κ2) is 10.2. The lowest BCUT2D eigenvalue weighted by molar-refractivity contribution is -0.123. The molecule has 0 radical (unpaired) electrons. The Morgan fingerprint density at radius 2 is 1.79 bits per heavy atom. The average Bonchev–Trinajstić information content (AvgIpc) is 3.07. The summed E-state index contributed by atoms with van der Waals surface area (Å²) in [4.78, 5) is 26.1. The van der Waals surface area contributed by atoms with Gasteiger partial charge in [0.2, 0.25) is 0 Å². The van der Waals surface area contributed by atoms with E-state index in [0.717, 1.165) is 10.5 Å². The number of imide groups is 1. The number of hydrogen-bond donors (Lipinski definition) is 1. The van der Waals surface area contributed by atoms with Crippen LogP contribution >= 0.6 is 23.2 Å². The number of halogens is 3. The zero-order valence-electron chi connectivity index (χ0n) is 18.0. The molecule has 9 heteroatoms. The Morgan fingerprint density at radius 3 is 2.50 bits per heavy atom. The largest absolute Gasteiger partial charge is 0.493 e. The number of hydrogen-bond acceptors (Lipinski definition) is 4. The number of ether oxygens (including phenoxy) is 2. The van der Waals surface area contributed by atoms with Crippen LogP contribution in [0.3, 0.4) is 0 Å². The number of urea groups is 1. The molecule has 1 N–H and O–H groups in total. The zero-order chi connectivity index (χ0) is 24.2. The summed E-state index contributed by atoms with van der Waals surface area (Å²) >= 11 is 12.3. The molecule has 3 aromatic carbocycles. The Hall–Kier alpha value is -3.55. The molecule has 1 heterocycles. The third-order valence-electron chi connectivity index (χ3n) is 5.11. The van der Waals surface area contributed by atoms with Gasteiger partial charge in [0.25, 0.3) is 5.91 Å². The highest BCUT2D eigenvalue weighted by Gasteiger charge is 2.34. The zero-order valence-corrected chi connectivity index (χ0v) is 19.5. The van der Waals surface area contributed by atoms with Crippen molar-refractivity contribution >= 4 is 41.2 Å². The van der Waals surface area contributed by atoms with E-state index in [1.165, 1.54) is 31.4 Å². The number of nitrogens with one attached hydrogen (secondary N) is 1. The van der Waals surface area contributed by atoms with Crippen molar-refractivity contribution in [3.8, 4) is 11.5 Å². The van der Waals surface area contributed by atoms with Gasteiger partial charge in [0, 0.05) is 10.6 Å². The number of amides is 3. The minimum Gasteiger partial charge on any atom is -0.493 e. The number of benzene rings is 3. The highest BCUT2D eigenvalue weighted by molar-refractivity contribution is 6.32. The molecule has 1 fully saturated rings. The summed E-state index contributed by atoms with van der Waals surface area (Å²) in [6.07, 6.45) is 1.47. The minimum atomic E-state index is -0.638. The van der Waals surface area contributed by atoms with Crippen LogP contribution in [0, 0.1) is 5.82 Å². The molecular formula is C25H19Cl2FN2O4. The summed E-state index contributed by atoms with van der Waals surface area (Å²) in [6, 6.07) is 15.7. The second-order valence-corrected chi connectivity index (χ2v) is 8.26. The molecule has 0 bridgehead atoms. The van der Waals surface area contributed by atoms with Crippen LogP contribution in [0.2, 0.25) is 10.0 Å². The minimum absolute atomic E-state index is 0.0364. The lowest BCUT2D eigenvalue weighted by Gasteiger charge is -2.14. The molecule has 174 valence electrons. The molecule has 0 spiro atoms. The highest BCUT2D eigenvalue weighted by atomic mass is 35.5. The molecule has 1 aliphatic heterocycles. The standard InChI is InChI=1S/C25H19Cl2FN2O4/c1-33-22-12-16(10-19(27)23(22)34-14-15-6-8-18(26)9-7-15)11-21-24(31)30(25(32)29-21)13-17-4-2-3-5-20(17)28/h2-12H,13-14H2,1H3,(H,29,32)/b21-11+. The van der Waals surface area contributed by atoms with Crippen LogP contribution in [-0.2, 0) is 17.9 Å². The van der Waals surface area contributed by atoms with Crippen LogP contribution < -0.4 is 14.8 Å². The third-order valence-corrected chi connectivity index (χ3v) is 5.64. The van der Waals surface area contributed by atoms with Gasteiger partial charge in [-0.25, -0.2) is 9.18 Å².